The maximum absolute atomic E-state index is 12.5. The number of aromatic nitrogens is 3. The standard InChI is InChI=1S/C11H11F3N4/c1-7-9(6-18(2)17-7)16-10-5-8(3-4-15-10)11(12,13)14/h3-6H,1-2H3,(H,15,16). The smallest absolute Gasteiger partial charge is 0.337 e. The van der Waals surface area contributed by atoms with Crippen molar-refractivity contribution in [3.05, 3.63) is 35.8 Å². The Morgan fingerprint density at radius 2 is 2.06 bits per heavy atom. The zero-order valence-corrected chi connectivity index (χ0v) is 9.78. The van der Waals surface area contributed by atoms with Crippen LogP contribution < -0.4 is 5.32 Å². The van der Waals surface area contributed by atoms with E-state index < -0.39 is 11.7 Å². The first-order valence-corrected chi connectivity index (χ1v) is 5.17. The number of halogens is 3. The maximum Gasteiger partial charge on any atom is 0.416 e. The highest BCUT2D eigenvalue weighted by Crippen LogP contribution is 2.30. The van der Waals surface area contributed by atoms with Crippen molar-refractivity contribution in [2.75, 3.05) is 5.32 Å². The molecule has 0 aliphatic rings. The fraction of sp³-hybridized carbons (Fsp3) is 0.273. The molecule has 0 bridgehead atoms. The molecule has 0 saturated heterocycles. The minimum atomic E-state index is -4.37. The van der Waals surface area contributed by atoms with E-state index in [0.717, 1.165) is 18.3 Å². The van der Waals surface area contributed by atoms with Gasteiger partial charge in [0, 0.05) is 19.4 Å². The quantitative estimate of drug-likeness (QED) is 0.898. The van der Waals surface area contributed by atoms with Gasteiger partial charge >= 0.3 is 6.18 Å². The summed E-state index contributed by atoms with van der Waals surface area (Å²) in [5.74, 6) is 0.140. The van der Waals surface area contributed by atoms with Crippen molar-refractivity contribution in [3.63, 3.8) is 0 Å². The summed E-state index contributed by atoms with van der Waals surface area (Å²) in [6.07, 6.45) is -1.57. The van der Waals surface area contributed by atoms with Gasteiger partial charge in [0.15, 0.2) is 0 Å². The van der Waals surface area contributed by atoms with Gasteiger partial charge in [0.05, 0.1) is 16.9 Å². The molecule has 2 rings (SSSR count). The van der Waals surface area contributed by atoms with Crippen molar-refractivity contribution >= 4 is 11.5 Å². The number of aryl methyl sites for hydroxylation is 2. The third-order valence-corrected chi connectivity index (χ3v) is 2.36. The van der Waals surface area contributed by atoms with E-state index in [4.69, 9.17) is 0 Å². The lowest BCUT2D eigenvalue weighted by Crippen LogP contribution is -2.06. The minimum Gasteiger partial charge on any atom is -0.337 e. The number of pyridine rings is 1. The third-order valence-electron chi connectivity index (χ3n) is 2.36. The summed E-state index contributed by atoms with van der Waals surface area (Å²) < 4.78 is 39.1. The Labute approximate surface area is 101 Å². The lowest BCUT2D eigenvalue weighted by molar-refractivity contribution is -0.137. The molecule has 0 saturated carbocycles. The molecule has 2 aromatic heterocycles. The second-order valence-corrected chi connectivity index (χ2v) is 3.85. The molecule has 0 radical (unpaired) electrons. The number of alkyl halides is 3. The molecule has 7 heteroatoms. The molecule has 2 aromatic rings. The summed E-state index contributed by atoms with van der Waals surface area (Å²) in [6, 6.07) is 1.90. The third kappa shape index (κ3) is 2.61. The van der Waals surface area contributed by atoms with E-state index in [1.165, 1.54) is 0 Å². The second-order valence-electron chi connectivity index (χ2n) is 3.85. The van der Waals surface area contributed by atoms with Crippen molar-refractivity contribution in [2.24, 2.45) is 7.05 Å². The number of nitrogens with one attached hydrogen (secondary N) is 1. The molecule has 4 nitrogen and oxygen atoms in total. The molecule has 0 unspecified atom stereocenters. The van der Waals surface area contributed by atoms with E-state index in [2.05, 4.69) is 15.4 Å². The van der Waals surface area contributed by atoms with Crippen LogP contribution in [0.3, 0.4) is 0 Å². The molecule has 18 heavy (non-hydrogen) atoms. The molecule has 0 spiro atoms. The van der Waals surface area contributed by atoms with Crippen LogP contribution in [0.1, 0.15) is 11.3 Å². The van der Waals surface area contributed by atoms with E-state index in [9.17, 15) is 13.2 Å². The number of anilines is 2. The van der Waals surface area contributed by atoms with E-state index in [-0.39, 0.29) is 5.82 Å². The van der Waals surface area contributed by atoms with Crippen molar-refractivity contribution in [1.82, 2.24) is 14.8 Å². The molecular formula is C11H11F3N4. The highest BCUT2D eigenvalue weighted by Gasteiger charge is 2.30. The van der Waals surface area contributed by atoms with Crippen LogP contribution in [0.5, 0.6) is 0 Å². The highest BCUT2D eigenvalue weighted by molar-refractivity contribution is 5.58. The van der Waals surface area contributed by atoms with Gasteiger partial charge in [-0.15, -0.1) is 0 Å². The van der Waals surface area contributed by atoms with Crippen molar-refractivity contribution in [3.8, 4) is 0 Å². The number of nitrogens with zero attached hydrogens (tertiary/aromatic N) is 3. The number of hydrogen-bond donors (Lipinski definition) is 1. The van der Waals surface area contributed by atoms with Gasteiger partial charge in [0.1, 0.15) is 5.82 Å². The van der Waals surface area contributed by atoms with Gasteiger partial charge in [-0.05, 0) is 19.1 Å². The first-order chi connectivity index (χ1) is 8.36. The molecule has 0 aromatic carbocycles. The van der Waals surface area contributed by atoms with Gasteiger partial charge in [-0.1, -0.05) is 0 Å². The second kappa shape index (κ2) is 4.32. The van der Waals surface area contributed by atoms with Crippen LogP contribution in [0.4, 0.5) is 24.7 Å². The molecular weight excluding hydrogens is 245 g/mol. The number of rotatable bonds is 2. The van der Waals surface area contributed by atoms with Crippen molar-refractivity contribution in [1.29, 1.82) is 0 Å². The lowest BCUT2D eigenvalue weighted by Gasteiger charge is -2.08. The molecule has 0 amide bonds. The average molecular weight is 256 g/mol. The van der Waals surface area contributed by atoms with E-state index in [1.807, 2.05) is 0 Å². The summed E-state index contributed by atoms with van der Waals surface area (Å²) in [6.45, 7) is 1.76. The van der Waals surface area contributed by atoms with Gasteiger partial charge < -0.3 is 5.32 Å². The highest BCUT2D eigenvalue weighted by atomic mass is 19.4. The molecule has 0 atom stereocenters. The Balaban J connectivity index is 2.27. The van der Waals surface area contributed by atoms with Crippen LogP contribution in [-0.2, 0) is 13.2 Å². The zero-order chi connectivity index (χ0) is 13.3. The van der Waals surface area contributed by atoms with Crippen LogP contribution >= 0.6 is 0 Å². The largest absolute Gasteiger partial charge is 0.416 e. The first-order valence-electron chi connectivity index (χ1n) is 5.17. The molecule has 96 valence electrons. The summed E-state index contributed by atoms with van der Waals surface area (Å²) in [7, 11) is 1.73. The van der Waals surface area contributed by atoms with Gasteiger partial charge in [-0.3, -0.25) is 4.68 Å². The van der Waals surface area contributed by atoms with E-state index >= 15 is 0 Å². The molecule has 1 N–H and O–H groups in total. The van der Waals surface area contributed by atoms with Crippen LogP contribution in [0.25, 0.3) is 0 Å². The van der Waals surface area contributed by atoms with Gasteiger partial charge in [0.2, 0.25) is 0 Å². The molecule has 0 aliphatic carbocycles. The summed E-state index contributed by atoms with van der Waals surface area (Å²) in [5, 5.41) is 6.89. The van der Waals surface area contributed by atoms with Crippen molar-refractivity contribution < 1.29 is 13.2 Å². The molecule has 2 heterocycles. The molecule has 0 aliphatic heterocycles. The number of hydrogen-bond acceptors (Lipinski definition) is 3. The zero-order valence-electron chi connectivity index (χ0n) is 9.78. The van der Waals surface area contributed by atoms with Gasteiger partial charge in [0.25, 0.3) is 0 Å². The van der Waals surface area contributed by atoms with Crippen LogP contribution in [0.15, 0.2) is 24.5 Å². The van der Waals surface area contributed by atoms with Crippen LogP contribution in [0, 0.1) is 6.92 Å². The van der Waals surface area contributed by atoms with Crippen LogP contribution in [0.2, 0.25) is 0 Å². The SMILES string of the molecule is Cc1nn(C)cc1Nc1cc(C(F)(F)F)ccn1. The van der Waals surface area contributed by atoms with E-state index in [1.54, 1.807) is 24.9 Å². The molecule has 0 fully saturated rings. The maximum atomic E-state index is 12.5. The predicted octanol–water partition coefficient (Wildman–Crippen LogP) is 2.89. The van der Waals surface area contributed by atoms with Gasteiger partial charge in [-0.25, -0.2) is 4.98 Å². The summed E-state index contributed by atoms with van der Waals surface area (Å²) in [4.78, 5) is 3.85. The average Bonchev–Trinajstić information content (AvgIpc) is 2.56. The predicted molar refractivity (Wildman–Crippen MR) is 60.5 cm³/mol. The van der Waals surface area contributed by atoms with E-state index in [0.29, 0.717) is 11.4 Å². The Morgan fingerprint density at radius 1 is 1.33 bits per heavy atom. The first kappa shape index (κ1) is 12.4. The fourth-order valence-electron chi connectivity index (χ4n) is 1.54. The summed E-state index contributed by atoms with van der Waals surface area (Å²) in [5.41, 5.74) is 0.586. The normalized spacial score (nSPS) is 11.6. The summed E-state index contributed by atoms with van der Waals surface area (Å²) >= 11 is 0. The Bertz CT molecular complexity index is 560. The minimum absolute atomic E-state index is 0.140. The fourth-order valence-corrected chi connectivity index (χ4v) is 1.54. The topological polar surface area (TPSA) is 42.7 Å². The lowest BCUT2D eigenvalue weighted by atomic mass is 10.2. The van der Waals surface area contributed by atoms with Crippen molar-refractivity contribution in [2.45, 2.75) is 13.1 Å². The van der Waals surface area contributed by atoms with Crippen LogP contribution in [-0.4, -0.2) is 14.8 Å². The van der Waals surface area contributed by atoms with Gasteiger partial charge in [-0.2, -0.15) is 18.3 Å². The Hall–Kier alpha value is -2.05. The monoisotopic (exact) mass is 256 g/mol. The Morgan fingerprint density at radius 3 is 2.61 bits per heavy atom. The Kier molecular flexibility index (Phi) is 2.98.